The highest BCUT2D eigenvalue weighted by atomic mass is 35.5. The van der Waals surface area contributed by atoms with E-state index >= 15 is 0 Å². The number of sulfonamides is 1. The van der Waals surface area contributed by atoms with E-state index in [2.05, 4.69) is 0 Å². The Hall–Kier alpha value is -1.63. The molecule has 0 aromatic heterocycles. The van der Waals surface area contributed by atoms with Gasteiger partial charge >= 0.3 is 0 Å². The average Bonchev–Trinajstić information content (AvgIpc) is 2.44. The fraction of sp³-hybridized carbons (Fsp3) is 0.0769. The normalized spacial score (nSPS) is 11.4. The van der Waals surface area contributed by atoms with Crippen LogP contribution in [0.4, 0.5) is 11.4 Å². The monoisotopic (exact) mass is 346 g/mol. The van der Waals surface area contributed by atoms with Gasteiger partial charge in [-0.05, 0) is 36.4 Å². The van der Waals surface area contributed by atoms with Crippen LogP contribution in [0.1, 0.15) is 0 Å². The van der Waals surface area contributed by atoms with Crippen LogP contribution in [0.5, 0.6) is 5.75 Å². The van der Waals surface area contributed by atoms with Crippen LogP contribution in [0.2, 0.25) is 10.0 Å². The number of anilines is 2. The summed E-state index contributed by atoms with van der Waals surface area (Å²) in [7, 11) is -2.45. The summed E-state index contributed by atoms with van der Waals surface area (Å²) in [5.41, 5.74) is 6.11. The molecule has 0 unspecified atom stereocenters. The number of rotatable bonds is 3. The first-order chi connectivity index (χ1) is 9.73. The van der Waals surface area contributed by atoms with E-state index in [1.54, 1.807) is 0 Å². The van der Waals surface area contributed by atoms with Crippen LogP contribution in [-0.2, 0) is 10.0 Å². The van der Waals surface area contributed by atoms with E-state index < -0.39 is 10.0 Å². The zero-order valence-corrected chi connectivity index (χ0v) is 13.2. The van der Waals surface area contributed by atoms with Gasteiger partial charge in [0.25, 0.3) is 10.0 Å². The van der Waals surface area contributed by atoms with E-state index in [4.69, 9.17) is 28.9 Å². The molecule has 2 aromatic carbocycles. The second-order valence-corrected chi connectivity index (χ2v) is 7.07. The fourth-order valence-electron chi connectivity index (χ4n) is 1.67. The van der Waals surface area contributed by atoms with Crippen molar-refractivity contribution < 1.29 is 13.5 Å². The van der Waals surface area contributed by atoms with Gasteiger partial charge in [-0.15, -0.1) is 0 Å². The lowest BCUT2D eigenvalue weighted by Gasteiger charge is -2.20. The second-order valence-electron chi connectivity index (χ2n) is 4.29. The Morgan fingerprint density at radius 2 is 1.57 bits per heavy atom. The quantitative estimate of drug-likeness (QED) is 0.836. The number of hydrogen-bond donors (Lipinski definition) is 2. The van der Waals surface area contributed by atoms with E-state index in [9.17, 15) is 13.5 Å². The van der Waals surface area contributed by atoms with Crippen molar-refractivity contribution in [1.29, 1.82) is 0 Å². The number of phenols is 1. The van der Waals surface area contributed by atoms with E-state index in [0.717, 1.165) is 4.31 Å². The molecule has 0 aliphatic rings. The number of aromatic hydroxyl groups is 1. The molecule has 0 atom stereocenters. The molecule has 0 bridgehead atoms. The van der Waals surface area contributed by atoms with Crippen LogP contribution < -0.4 is 10.0 Å². The van der Waals surface area contributed by atoms with Gasteiger partial charge in [0.2, 0.25) is 0 Å². The molecule has 112 valence electrons. The molecule has 0 aliphatic carbocycles. The fourth-order valence-corrected chi connectivity index (χ4v) is 3.53. The highest BCUT2D eigenvalue weighted by molar-refractivity contribution is 7.92. The summed E-state index contributed by atoms with van der Waals surface area (Å²) >= 11 is 11.7. The SMILES string of the molecule is CN(c1ccc(O)cc1)S(=O)(=O)c1cc(Cl)c(N)c(Cl)c1. The van der Waals surface area contributed by atoms with Crippen molar-refractivity contribution in [1.82, 2.24) is 0 Å². The molecule has 21 heavy (non-hydrogen) atoms. The third kappa shape index (κ3) is 3.02. The van der Waals surface area contributed by atoms with Gasteiger partial charge in [0.05, 0.1) is 26.3 Å². The number of nitrogens with zero attached hydrogens (tertiary/aromatic N) is 1. The molecule has 0 aliphatic heterocycles. The first kappa shape index (κ1) is 15.8. The number of hydrogen-bond acceptors (Lipinski definition) is 4. The summed E-state index contributed by atoms with van der Waals surface area (Å²) < 4.78 is 26.1. The molecule has 0 saturated heterocycles. The molecular formula is C13H12Cl2N2O3S. The molecule has 0 spiro atoms. The summed E-state index contributed by atoms with van der Waals surface area (Å²) in [6.45, 7) is 0. The smallest absolute Gasteiger partial charge is 0.264 e. The summed E-state index contributed by atoms with van der Waals surface area (Å²) in [6.07, 6.45) is 0. The zero-order chi connectivity index (χ0) is 15.8. The minimum atomic E-state index is -3.84. The Morgan fingerprint density at radius 3 is 2.05 bits per heavy atom. The predicted molar refractivity (Wildman–Crippen MR) is 84.6 cm³/mol. The Morgan fingerprint density at radius 1 is 1.10 bits per heavy atom. The first-order valence-electron chi connectivity index (χ1n) is 5.76. The van der Waals surface area contributed by atoms with Crippen molar-refractivity contribution in [2.45, 2.75) is 4.90 Å². The van der Waals surface area contributed by atoms with E-state index in [1.165, 1.54) is 43.4 Å². The number of halogens is 2. The molecule has 2 aromatic rings. The second kappa shape index (κ2) is 5.63. The van der Waals surface area contributed by atoms with Gasteiger partial charge in [0, 0.05) is 7.05 Å². The predicted octanol–water partition coefficient (Wildman–Crippen LogP) is 3.11. The molecular weight excluding hydrogens is 335 g/mol. The van der Waals surface area contributed by atoms with Crippen molar-refractivity contribution >= 4 is 44.6 Å². The number of nitrogen functional groups attached to an aromatic ring is 1. The zero-order valence-electron chi connectivity index (χ0n) is 10.9. The topological polar surface area (TPSA) is 83.6 Å². The van der Waals surface area contributed by atoms with Crippen LogP contribution in [0.3, 0.4) is 0 Å². The van der Waals surface area contributed by atoms with Gasteiger partial charge in [-0.1, -0.05) is 23.2 Å². The van der Waals surface area contributed by atoms with Crippen LogP contribution in [0.25, 0.3) is 0 Å². The average molecular weight is 347 g/mol. The summed E-state index contributed by atoms with van der Waals surface area (Å²) in [5.74, 6) is 0.0446. The number of phenolic OH excluding ortho intramolecular Hbond substituents is 1. The van der Waals surface area contributed by atoms with Gasteiger partial charge in [0.1, 0.15) is 5.75 Å². The van der Waals surface area contributed by atoms with Crippen LogP contribution >= 0.6 is 23.2 Å². The van der Waals surface area contributed by atoms with Crippen molar-refractivity contribution in [3.8, 4) is 5.75 Å². The van der Waals surface area contributed by atoms with Crippen molar-refractivity contribution in [3.63, 3.8) is 0 Å². The lowest BCUT2D eigenvalue weighted by atomic mass is 10.3. The molecule has 5 nitrogen and oxygen atoms in total. The van der Waals surface area contributed by atoms with Crippen molar-refractivity contribution in [2.75, 3.05) is 17.1 Å². The van der Waals surface area contributed by atoms with Gasteiger partial charge in [-0.2, -0.15) is 0 Å². The third-order valence-corrected chi connectivity index (χ3v) is 5.31. The van der Waals surface area contributed by atoms with Gasteiger partial charge < -0.3 is 10.8 Å². The van der Waals surface area contributed by atoms with E-state index in [1.807, 2.05) is 0 Å². The highest BCUT2D eigenvalue weighted by Crippen LogP contribution is 2.32. The van der Waals surface area contributed by atoms with E-state index in [-0.39, 0.29) is 26.4 Å². The lowest BCUT2D eigenvalue weighted by molar-refractivity contribution is 0.475. The third-order valence-electron chi connectivity index (χ3n) is 2.92. The summed E-state index contributed by atoms with van der Waals surface area (Å²) in [4.78, 5) is -0.0673. The van der Waals surface area contributed by atoms with Crippen LogP contribution in [0.15, 0.2) is 41.3 Å². The number of benzene rings is 2. The Kier molecular flexibility index (Phi) is 4.22. The molecule has 3 N–H and O–H groups in total. The molecule has 0 saturated carbocycles. The Labute approximate surface area is 132 Å². The first-order valence-corrected chi connectivity index (χ1v) is 7.95. The summed E-state index contributed by atoms with van der Waals surface area (Å²) in [6, 6.07) is 8.24. The van der Waals surface area contributed by atoms with E-state index in [0.29, 0.717) is 5.69 Å². The minimum absolute atomic E-state index is 0.0446. The molecule has 0 radical (unpaired) electrons. The van der Waals surface area contributed by atoms with Crippen LogP contribution in [-0.4, -0.2) is 20.6 Å². The minimum Gasteiger partial charge on any atom is -0.508 e. The maximum absolute atomic E-state index is 12.5. The molecule has 0 heterocycles. The lowest BCUT2D eigenvalue weighted by Crippen LogP contribution is -2.26. The van der Waals surface area contributed by atoms with Gasteiger partial charge in [0.15, 0.2) is 0 Å². The van der Waals surface area contributed by atoms with Gasteiger partial charge in [-0.25, -0.2) is 8.42 Å². The maximum atomic E-state index is 12.5. The van der Waals surface area contributed by atoms with Crippen molar-refractivity contribution in [2.24, 2.45) is 0 Å². The van der Waals surface area contributed by atoms with Crippen molar-refractivity contribution in [3.05, 3.63) is 46.4 Å². The Balaban J connectivity index is 2.49. The largest absolute Gasteiger partial charge is 0.508 e. The Bertz CT molecular complexity index is 753. The summed E-state index contributed by atoms with van der Waals surface area (Å²) in [5, 5.41) is 9.38. The highest BCUT2D eigenvalue weighted by Gasteiger charge is 2.23. The molecule has 0 fully saturated rings. The van der Waals surface area contributed by atoms with Crippen LogP contribution in [0, 0.1) is 0 Å². The molecule has 8 heteroatoms. The standard InChI is InChI=1S/C13H12Cl2N2O3S/c1-17(8-2-4-9(18)5-3-8)21(19,20)10-6-11(14)13(16)12(15)7-10/h2-7,18H,16H2,1H3. The molecule has 0 amide bonds. The molecule has 2 rings (SSSR count). The number of nitrogens with two attached hydrogens (primary N) is 1. The maximum Gasteiger partial charge on any atom is 0.264 e. The van der Waals surface area contributed by atoms with Gasteiger partial charge in [-0.3, -0.25) is 4.31 Å².